The Bertz CT molecular complexity index is 776. The number of carbonyl (C=O) groups is 2. The largest absolute Gasteiger partial charge is 0.465 e. The minimum atomic E-state index is -0.519. The summed E-state index contributed by atoms with van der Waals surface area (Å²) in [4.78, 5) is 23.0. The number of hydrogen-bond donors (Lipinski definition) is 2. The van der Waals surface area contributed by atoms with Gasteiger partial charge in [-0.15, -0.1) is 0 Å². The van der Waals surface area contributed by atoms with E-state index in [0.29, 0.717) is 24.3 Å². The number of aryl methyl sites for hydroxylation is 2. The number of hydrogen-bond acceptors (Lipinski definition) is 5. The molecule has 0 bridgehead atoms. The highest BCUT2D eigenvalue weighted by Crippen LogP contribution is 2.15. The summed E-state index contributed by atoms with van der Waals surface area (Å²) in [6.07, 6.45) is 0.783. The first-order valence-corrected chi connectivity index (χ1v) is 11.9. The molecular weight excluding hydrogens is 428 g/mol. The standard InChI is InChI=1S/C15H22N2O4.C8H10.C3H8.C2H6/c1-15(2,3)21-14(19)17-10-9-16-12-8-6-5-7-11(12)13(18)20-4;1-7-3-5-8(2)6-4-7;1-3-2;1-2/h5-8,16H,9-10H2,1-4H3,(H,17,19);3-6H,1-2H3;3H2,1-2H3;1-2H3. The molecule has 2 rings (SSSR count). The number of anilines is 1. The van der Waals surface area contributed by atoms with Crippen LogP contribution in [0.3, 0.4) is 0 Å². The van der Waals surface area contributed by atoms with Crippen LogP contribution in [0.15, 0.2) is 48.5 Å². The average Bonchev–Trinajstić information content (AvgIpc) is 2.79. The van der Waals surface area contributed by atoms with Crippen molar-refractivity contribution in [2.24, 2.45) is 0 Å². The van der Waals surface area contributed by atoms with Crippen LogP contribution in [0.4, 0.5) is 10.5 Å². The van der Waals surface area contributed by atoms with Crippen LogP contribution in [-0.2, 0) is 9.47 Å². The second-order valence-corrected chi connectivity index (χ2v) is 8.25. The molecule has 192 valence electrons. The molecule has 6 nitrogen and oxygen atoms in total. The fourth-order valence-corrected chi connectivity index (χ4v) is 2.24. The molecule has 0 aliphatic carbocycles. The van der Waals surface area contributed by atoms with Crippen LogP contribution in [0, 0.1) is 13.8 Å². The number of methoxy groups -OCH3 is 1. The lowest BCUT2D eigenvalue weighted by Crippen LogP contribution is -2.35. The molecular formula is C28H46N2O4. The van der Waals surface area contributed by atoms with Gasteiger partial charge in [-0.2, -0.15) is 0 Å². The Balaban J connectivity index is 0. The number of esters is 1. The Morgan fingerprint density at radius 3 is 1.76 bits per heavy atom. The van der Waals surface area contributed by atoms with Crippen LogP contribution in [0.25, 0.3) is 0 Å². The zero-order valence-electron chi connectivity index (χ0n) is 22.9. The normalized spacial score (nSPS) is 9.47. The van der Waals surface area contributed by atoms with E-state index >= 15 is 0 Å². The van der Waals surface area contributed by atoms with Crippen molar-refractivity contribution in [2.75, 3.05) is 25.5 Å². The SMILES string of the molecule is CC.CCC.COC(=O)c1ccccc1NCCNC(=O)OC(C)(C)C.Cc1ccc(C)cc1. The monoisotopic (exact) mass is 474 g/mol. The first kappa shape index (κ1) is 33.2. The molecule has 0 saturated heterocycles. The minimum absolute atomic E-state index is 0.379. The molecule has 0 aromatic heterocycles. The Labute approximate surface area is 207 Å². The highest BCUT2D eigenvalue weighted by atomic mass is 16.6. The van der Waals surface area contributed by atoms with Crippen LogP contribution in [-0.4, -0.2) is 37.9 Å². The van der Waals surface area contributed by atoms with Gasteiger partial charge in [-0.05, 0) is 46.8 Å². The van der Waals surface area contributed by atoms with Crippen molar-refractivity contribution in [3.05, 3.63) is 65.2 Å². The molecule has 2 N–H and O–H groups in total. The van der Waals surface area contributed by atoms with Crippen LogP contribution in [0.1, 0.15) is 76.4 Å². The molecule has 0 heterocycles. The van der Waals surface area contributed by atoms with E-state index in [4.69, 9.17) is 9.47 Å². The number of rotatable bonds is 5. The van der Waals surface area contributed by atoms with Gasteiger partial charge in [0, 0.05) is 18.8 Å². The lowest BCUT2D eigenvalue weighted by Gasteiger charge is -2.19. The molecule has 2 aromatic rings. The molecule has 34 heavy (non-hydrogen) atoms. The van der Waals surface area contributed by atoms with Gasteiger partial charge in [-0.25, -0.2) is 9.59 Å². The van der Waals surface area contributed by atoms with E-state index in [1.54, 1.807) is 39.0 Å². The highest BCUT2D eigenvalue weighted by Gasteiger charge is 2.15. The van der Waals surface area contributed by atoms with E-state index in [1.165, 1.54) is 24.7 Å². The summed E-state index contributed by atoms with van der Waals surface area (Å²) in [5.74, 6) is -0.404. The van der Waals surface area contributed by atoms with E-state index < -0.39 is 17.7 Å². The van der Waals surface area contributed by atoms with Crippen LogP contribution in [0.5, 0.6) is 0 Å². The van der Waals surface area contributed by atoms with Gasteiger partial charge in [0.1, 0.15) is 5.60 Å². The first-order chi connectivity index (χ1) is 16.0. The number of ether oxygens (including phenoxy) is 2. The maximum atomic E-state index is 11.6. The number of benzene rings is 2. The zero-order valence-corrected chi connectivity index (χ0v) is 22.9. The van der Waals surface area contributed by atoms with E-state index in [-0.39, 0.29) is 0 Å². The van der Waals surface area contributed by atoms with Gasteiger partial charge in [-0.3, -0.25) is 0 Å². The van der Waals surface area contributed by atoms with Crippen molar-refractivity contribution in [1.82, 2.24) is 5.32 Å². The molecule has 0 saturated carbocycles. The Kier molecular flexibility index (Phi) is 19.0. The van der Waals surface area contributed by atoms with E-state index in [2.05, 4.69) is 62.6 Å². The second kappa shape index (κ2) is 19.4. The number of amides is 1. The van der Waals surface area contributed by atoms with Crippen molar-refractivity contribution in [3.8, 4) is 0 Å². The third kappa shape index (κ3) is 17.5. The van der Waals surface area contributed by atoms with Crippen LogP contribution in [0.2, 0.25) is 0 Å². The van der Waals surface area contributed by atoms with Crippen LogP contribution < -0.4 is 10.6 Å². The lowest BCUT2D eigenvalue weighted by molar-refractivity contribution is 0.0528. The Hall–Kier alpha value is -3.02. The van der Waals surface area contributed by atoms with Crippen molar-refractivity contribution < 1.29 is 19.1 Å². The van der Waals surface area contributed by atoms with E-state index in [9.17, 15) is 9.59 Å². The summed E-state index contributed by atoms with van der Waals surface area (Å²) in [6, 6.07) is 15.5. The fourth-order valence-electron chi connectivity index (χ4n) is 2.24. The third-order valence-corrected chi connectivity index (χ3v) is 3.66. The highest BCUT2D eigenvalue weighted by molar-refractivity contribution is 5.95. The van der Waals surface area contributed by atoms with Crippen molar-refractivity contribution in [1.29, 1.82) is 0 Å². The number of alkyl carbamates (subject to hydrolysis) is 1. The third-order valence-electron chi connectivity index (χ3n) is 3.66. The lowest BCUT2D eigenvalue weighted by atomic mass is 10.2. The predicted octanol–water partition coefficient (Wildman–Crippen LogP) is 7.16. The molecule has 0 spiro atoms. The smallest absolute Gasteiger partial charge is 0.407 e. The summed E-state index contributed by atoms with van der Waals surface area (Å²) in [6.45, 7) is 18.7. The second-order valence-electron chi connectivity index (χ2n) is 8.25. The molecule has 0 aliphatic rings. The molecule has 6 heteroatoms. The van der Waals surface area contributed by atoms with E-state index in [0.717, 1.165) is 0 Å². The summed E-state index contributed by atoms with van der Waals surface area (Å²) in [5.41, 5.74) is 3.26. The molecule has 0 fully saturated rings. The molecule has 1 amide bonds. The topological polar surface area (TPSA) is 76.7 Å². The maximum Gasteiger partial charge on any atom is 0.407 e. The van der Waals surface area contributed by atoms with Gasteiger partial charge < -0.3 is 20.1 Å². The Morgan fingerprint density at radius 1 is 0.853 bits per heavy atom. The average molecular weight is 475 g/mol. The number of nitrogens with one attached hydrogen (secondary N) is 2. The number of para-hydroxylation sites is 1. The molecule has 0 radical (unpaired) electrons. The van der Waals surface area contributed by atoms with Crippen molar-refractivity contribution >= 4 is 17.7 Å². The summed E-state index contributed by atoms with van der Waals surface area (Å²) < 4.78 is 9.83. The molecule has 0 aliphatic heterocycles. The first-order valence-electron chi connectivity index (χ1n) is 11.9. The van der Waals surface area contributed by atoms with Gasteiger partial charge in [0.25, 0.3) is 0 Å². The molecule has 0 unspecified atom stereocenters. The van der Waals surface area contributed by atoms with Gasteiger partial charge in [0.2, 0.25) is 0 Å². The van der Waals surface area contributed by atoms with Crippen molar-refractivity contribution in [2.45, 2.75) is 74.3 Å². The van der Waals surface area contributed by atoms with Crippen LogP contribution >= 0.6 is 0 Å². The minimum Gasteiger partial charge on any atom is -0.465 e. The summed E-state index contributed by atoms with van der Waals surface area (Å²) in [5, 5.41) is 5.71. The fraction of sp³-hybridized carbons (Fsp3) is 0.500. The predicted molar refractivity (Wildman–Crippen MR) is 144 cm³/mol. The summed E-state index contributed by atoms with van der Waals surface area (Å²) >= 11 is 0. The molecule has 0 atom stereocenters. The van der Waals surface area contributed by atoms with Gasteiger partial charge in [0.15, 0.2) is 0 Å². The van der Waals surface area contributed by atoms with E-state index in [1.807, 2.05) is 19.9 Å². The van der Waals surface area contributed by atoms with Gasteiger partial charge in [-0.1, -0.05) is 81.6 Å². The maximum absolute atomic E-state index is 11.6. The quantitative estimate of drug-likeness (QED) is 0.355. The molecule has 2 aromatic carbocycles. The zero-order chi connectivity index (χ0) is 26.6. The summed E-state index contributed by atoms with van der Waals surface area (Å²) in [7, 11) is 1.34. The van der Waals surface area contributed by atoms with Gasteiger partial charge >= 0.3 is 12.1 Å². The van der Waals surface area contributed by atoms with Gasteiger partial charge in [0.05, 0.1) is 12.7 Å². The number of carbonyl (C=O) groups excluding carboxylic acids is 2. The Morgan fingerprint density at radius 2 is 1.32 bits per heavy atom. The van der Waals surface area contributed by atoms with Crippen molar-refractivity contribution in [3.63, 3.8) is 0 Å².